The molecule has 2 aromatic rings. The first-order valence-corrected chi connectivity index (χ1v) is 11.5. The first-order chi connectivity index (χ1) is 13.3. The number of rotatable bonds is 10. The predicted molar refractivity (Wildman–Crippen MR) is 119 cm³/mol. The van der Waals surface area contributed by atoms with E-state index in [4.69, 9.17) is 0 Å². The van der Waals surface area contributed by atoms with Crippen molar-refractivity contribution >= 4 is 0 Å². The number of unbranched alkanes of at least 4 members (excludes halogenated alkanes) is 5. The van der Waals surface area contributed by atoms with E-state index in [9.17, 15) is 0 Å². The molecule has 0 amide bonds. The molecule has 146 valence electrons. The van der Waals surface area contributed by atoms with Gasteiger partial charge < -0.3 is 0 Å². The summed E-state index contributed by atoms with van der Waals surface area (Å²) in [7, 11) is 0. The summed E-state index contributed by atoms with van der Waals surface area (Å²) >= 11 is 0. The molecule has 0 spiro atoms. The Balaban J connectivity index is 1.53. The predicted octanol–water partition coefficient (Wildman–Crippen LogP) is 8.16. The number of hydrogen-bond donors (Lipinski definition) is 0. The monoisotopic (exact) mass is 362 g/mol. The molecule has 1 unspecified atom stereocenters. The van der Waals surface area contributed by atoms with E-state index in [1.807, 2.05) is 0 Å². The minimum absolute atomic E-state index is 0.919. The highest BCUT2D eigenvalue weighted by atomic mass is 14.2. The van der Waals surface area contributed by atoms with Crippen molar-refractivity contribution < 1.29 is 0 Å². The van der Waals surface area contributed by atoms with E-state index in [1.165, 1.54) is 93.7 Å². The van der Waals surface area contributed by atoms with E-state index in [-0.39, 0.29) is 0 Å². The Labute approximate surface area is 167 Å². The van der Waals surface area contributed by atoms with Crippen molar-refractivity contribution in [1.82, 2.24) is 0 Å². The Morgan fingerprint density at radius 2 is 1.48 bits per heavy atom. The van der Waals surface area contributed by atoms with Crippen LogP contribution in [0.25, 0.3) is 11.1 Å². The zero-order valence-electron chi connectivity index (χ0n) is 17.6. The SMILES string of the molecule is CCCCCCCCC1CCc2cc(-c3ccc(CCC)cc3)ccc2C1. The minimum atomic E-state index is 0.919. The smallest absolute Gasteiger partial charge is 0.0181 e. The van der Waals surface area contributed by atoms with Crippen LogP contribution in [0.15, 0.2) is 42.5 Å². The van der Waals surface area contributed by atoms with E-state index < -0.39 is 0 Å². The fourth-order valence-electron chi connectivity index (χ4n) is 4.62. The van der Waals surface area contributed by atoms with E-state index in [2.05, 4.69) is 56.3 Å². The van der Waals surface area contributed by atoms with Crippen LogP contribution in [0.4, 0.5) is 0 Å². The van der Waals surface area contributed by atoms with Crippen molar-refractivity contribution in [2.24, 2.45) is 5.92 Å². The standard InChI is InChI=1S/C27H38/c1-3-5-6-7-8-9-11-23-14-17-27-21-26(19-18-25(27)20-23)24-15-12-22(10-4-2)13-16-24/h12-13,15-16,18-19,21,23H,3-11,14,17,20H2,1-2H3. The van der Waals surface area contributed by atoms with Crippen LogP contribution in [0.3, 0.4) is 0 Å². The molecule has 1 atom stereocenters. The average molecular weight is 363 g/mol. The molecule has 0 heteroatoms. The van der Waals surface area contributed by atoms with Crippen LogP contribution >= 0.6 is 0 Å². The van der Waals surface area contributed by atoms with Crippen LogP contribution in [0.1, 0.15) is 88.3 Å². The van der Waals surface area contributed by atoms with Gasteiger partial charge in [0.1, 0.15) is 0 Å². The van der Waals surface area contributed by atoms with E-state index >= 15 is 0 Å². The second kappa shape index (κ2) is 10.7. The number of aryl methyl sites for hydroxylation is 2. The van der Waals surface area contributed by atoms with E-state index in [0.717, 1.165) is 5.92 Å². The highest BCUT2D eigenvalue weighted by Gasteiger charge is 2.18. The maximum Gasteiger partial charge on any atom is -0.0181 e. The summed E-state index contributed by atoms with van der Waals surface area (Å²) in [5.41, 5.74) is 7.43. The molecule has 0 N–H and O–H groups in total. The molecule has 0 aromatic heterocycles. The summed E-state index contributed by atoms with van der Waals surface area (Å²) in [6.07, 6.45) is 16.3. The molecular weight excluding hydrogens is 324 g/mol. The first-order valence-electron chi connectivity index (χ1n) is 11.5. The van der Waals surface area contributed by atoms with Crippen LogP contribution in [0.2, 0.25) is 0 Å². The van der Waals surface area contributed by atoms with Gasteiger partial charge in [-0.15, -0.1) is 0 Å². The lowest BCUT2D eigenvalue weighted by molar-refractivity contribution is 0.404. The van der Waals surface area contributed by atoms with Gasteiger partial charge in [0.2, 0.25) is 0 Å². The maximum atomic E-state index is 2.46. The summed E-state index contributed by atoms with van der Waals surface area (Å²) < 4.78 is 0. The van der Waals surface area contributed by atoms with Crippen LogP contribution in [0.5, 0.6) is 0 Å². The molecule has 2 aromatic carbocycles. The van der Waals surface area contributed by atoms with Gasteiger partial charge in [0.05, 0.1) is 0 Å². The average Bonchev–Trinajstić information content (AvgIpc) is 2.71. The van der Waals surface area contributed by atoms with Crippen molar-refractivity contribution in [2.45, 2.75) is 90.9 Å². The van der Waals surface area contributed by atoms with Crippen LogP contribution < -0.4 is 0 Å². The van der Waals surface area contributed by atoms with Crippen LogP contribution in [-0.4, -0.2) is 0 Å². The zero-order valence-corrected chi connectivity index (χ0v) is 17.6. The van der Waals surface area contributed by atoms with Crippen molar-refractivity contribution in [3.05, 3.63) is 59.2 Å². The van der Waals surface area contributed by atoms with Gasteiger partial charge in [-0.1, -0.05) is 108 Å². The summed E-state index contributed by atoms with van der Waals surface area (Å²) in [4.78, 5) is 0. The molecule has 1 aliphatic rings. The Morgan fingerprint density at radius 1 is 0.741 bits per heavy atom. The van der Waals surface area contributed by atoms with Gasteiger partial charge in [-0.2, -0.15) is 0 Å². The number of hydrogen-bond acceptors (Lipinski definition) is 0. The van der Waals surface area contributed by atoms with Gasteiger partial charge >= 0.3 is 0 Å². The molecule has 0 saturated carbocycles. The van der Waals surface area contributed by atoms with Gasteiger partial charge in [0.25, 0.3) is 0 Å². The summed E-state index contributed by atoms with van der Waals surface area (Å²) in [5, 5.41) is 0. The van der Waals surface area contributed by atoms with E-state index in [1.54, 1.807) is 11.1 Å². The molecule has 3 rings (SSSR count). The topological polar surface area (TPSA) is 0 Å². The Hall–Kier alpha value is -1.56. The highest BCUT2D eigenvalue weighted by molar-refractivity contribution is 5.65. The Bertz CT molecular complexity index is 680. The van der Waals surface area contributed by atoms with Gasteiger partial charge in [0, 0.05) is 0 Å². The summed E-state index contributed by atoms with van der Waals surface area (Å²) in [6.45, 7) is 4.55. The highest BCUT2D eigenvalue weighted by Crippen LogP contribution is 2.32. The lowest BCUT2D eigenvalue weighted by Crippen LogP contribution is -2.14. The molecule has 0 fully saturated rings. The molecule has 0 heterocycles. The molecule has 1 aliphatic carbocycles. The molecule has 0 nitrogen and oxygen atoms in total. The van der Waals surface area contributed by atoms with Crippen molar-refractivity contribution in [1.29, 1.82) is 0 Å². The van der Waals surface area contributed by atoms with Gasteiger partial charge in [-0.3, -0.25) is 0 Å². The third kappa shape index (κ3) is 5.96. The normalized spacial score (nSPS) is 16.3. The van der Waals surface area contributed by atoms with Crippen molar-refractivity contribution in [3.8, 4) is 11.1 Å². The summed E-state index contributed by atoms with van der Waals surface area (Å²) in [5.74, 6) is 0.919. The second-order valence-corrected chi connectivity index (χ2v) is 8.60. The van der Waals surface area contributed by atoms with Gasteiger partial charge in [-0.05, 0) is 59.4 Å². The lowest BCUT2D eigenvalue weighted by Gasteiger charge is -2.25. The van der Waals surface area contributed by atoms with Crippen molar-refractivity contribution in [3.63, 3.8) is 0 Å². The first kappa shape index (κ1) is 20.2. The maximum absolute atomic E-state index is 2.46. The second-order valence-electron chi connectivity index (χ2n) is 8.60. The third-order valence-electron chi connectivity index (χ3n) is 6.33. The molecule has 27 heavy (non-hydrogen) atoms. The van der Waals surface area contributed by atoms with Crippen LogP contribution in [-0.2, 0) is 19.3 Å². The quantitative estimate of drug-likeness (QED) is 0.374. The lowest BCUT2D eigenvalue weighted by atomic mass is 9.80. The van der Waals surface area contributed by atoms with E-state index in [0.29, 0.717) is 0 Å². The zero-order chi connectivity index (χ0) is 18.9. The molecule has 0 aliphatic heterocycles. The largest absolute Gasteiger partial charge is 0.0654 e. The minimum Gasteiger partial charge on any atom is -0.0654 e. The molecule has 0 bridgehead atoms. The fourth-order valence-corrected chi connectivity index (χ4v) is 4.62. The Kier molecular flexibility index (Phi) is 7.99. The fraction of sp³-hybridized carbons (Fsp3) is 0.556. The molecular formula is C27H38. The van der Waals surface area contributed by atoms with Crippen molar-refractivity contribution in [2.75, 3.05) is 0 Å². The molecule has 0 radical (unpaired) electrons. The summed E-state index contributed by atoms with van der Waals surface area (Å²) in [6, 6.07) is 16.4. The number of fused-ring (bicyclic) bond motifs is 1. The molecule has 0 saturated heterocycles. The van der Waals surface area contributed by atoms with Gasteiger partial charge in [0.15, 0.2) is 0 Å². The van der Waals surface area contributed by atoms with Gasteiger partial charge in [-0.25, -0.2) is 0 Å². The third-order valence-corrected chi connectivity index (χ3v) is 6.33. The Morgan fingerprint density at radius 3 is 2.26 bits per heavy atom. The number of benzene rings is 2. The van der Waals surface area contributed by atoms with Crippen LogP contribution in [0, 0.1) is 5.92 Å².